The second-order valence-corrected chi connectivity index (χ2v) is 16.8. The molecule has 4 aromatic rings. The molecule has 0 fully saturated rings. The summed E-state index contributed by atoms with van der Waals surface area (Å²) >= 11 is -4.07. The first-order valence-electron chi connectivity index (χ1n) is 10.4. The van der Waals surface area contributed by atoms with Crippen LogP contribution < -0.4 is 16.1 Å². The van der Waals surface area contributed by atoms with Crippen molar-refractivity contribution in [3.05, 3.63) is 121 Å². The molecule has 0 saturated carbocycles. The third-order valence-electron chi connectivity index (χ3n) is 5.19. The average Bonchev–Trinajstić information content (AvgIpc) is 2.84. The Hall–Kier alpha value is -3.56. The zero-order valence-electron chi connectivity index (χ0n) is 17.8. The topological polar surface area (TPSA) is 57.4 Å². The van der Waals surface area contributed by atoms with E-state index in [0.717, 1.165) is 22.0 Å². The summed E-state index contributed by atoms with van der Waals surface area (Å²) < 4.78 is 10.3. The third-order valence-corrected chi connectivity index (χ3v) is 16.4. The standard InChI is InChI=1S/C9H9N3O.3C6H5.Sn/c1-7-3-2-4-8(5-7)12-9(13)11-6-10;3*1-2-4-6-5-3-1;/h2-5H,1H3,(H2,11,12,13);3*1-5H;/q;;;;+1/p-1. The molecule has 4 nitrogen and oxygen atoms in total. The minimum absolute atomic E-state index is 0.213. The van der Waals surface area contributed by atoms with Crippen LogP contribution in [0, 0.1) is 18.4 Å². The molecule has 0 aliphatic rings. The SMILES string of the molecule is Cc1cccc(N=C(NC#N)[O][Sn]([c]2ccccc2)([c]2ccccc2)[c]2ccccc2)c1. The van der Waals surface area contributed by atoms with Crippen LogP contribution in [0.2, 0.25) is 0 Å². The van der Waals surface area contributed by atoms with Crippen LogP contribution in [0.3, 0.4) is 0 Å². The molecular weight excluding hydrogens is 501 g/mol. The van der Waals surface area contributed by atoms with E-state index in [9.17, 15) is 5.26 Å². The summed E-state index contributed by atoms with van der Waals surface area (Å²) in [6, 6.07) is 39.0. The van der Waals surface area contributed by atoms with Crippen LogP contribution in [0.15, 0.2) is 120 Å². The molecule has 156 valence electrons. The van der Waals surface area contributed by atoms with Gasteiger partial charge in [0, 0.05) is 0 Å². The number of hydrogen-bond donors (Lipinski definition) is 1. The first-order valence-corrected chi connectivity index (χ1v) is 15.8. The van der Waals surface area contributed by atoms with E-state index in [-0.39, 0.29) is 6.02 Å². The summed E-state index contributed by atoms with van der Waals surface area (Å²) in [7, 11) is 0. The first-order chi connectivity index (χ1) is 15.7. The van der Waals surface area contributed by atoms with Crippen molar-refractivity contribution >= 4 is 41.2 Å². The van der Waals surface area contributed by atoms with Crippen molar-refractivity contribution in [3.63, 3.8) is 0 Å². The maximum atomic E-state index is 9.48. The van der Waals surface area contributed by atoms with E-state index in [2.05, 4.69) is 46.7 Å². The van der Waals surface area contributed by atoms with E-state index in [4.69, 9.17) is 3.07 Å². The van der Waals surface area contributed by atoms with Crippen molar-refractivity contribution in [2.75, 3.05) is 0 Å². The molecule has 0 atom stereocenters. The van der Waals surface area contributed by atoms with Gasteiger partial charge in [-0.3, -0.25) is 0 Å². The van der Waals surface area contributed by atoms with Crippen molar-refractivity contribution in [2.45, 2.75) is 6.92 Å². The summed E-state index contributed by atoms with van der Waals surface area (Å²) in [5, 5.41) is 12.2. The van der Waals surface area contributed by atoms with Crippen LogP contribution in [0.25, 0.3) is 0 Å². The van der Waals surface area contributed by atoms with E-state index in [0.29, 0.717) is 0 Å². The number of hydrogen-bond acceptors (Lipinski definition) is 3. The minimum atomic E-state index is -4.07. The van der Waals surface area contributed by atoms with Crippen molar-refractivity contribution in [2.24, 2.45) is 4.99 Å². The van der Waals surface area contributed by atoms with Crippen molar-refractivity contribution < 1.29 is 3.07 Å². The first kappa shape index (κ1) is 21.7. The van der Waals surface area contributed by atoms with Crippen molar-refractivity contribution in [1.82, 2.24) is 5.32 Å². The third kappa shape index (κ3) is 4.68. The quantitative estimate of drug-likeness (QED) is 0.142. The molecule has 5 heteroatoms. The Labute approximate surface area is 193 Å². The normalized spacial score (nSPS) is 11.4. The number of nitrogens with zero attached hydrogens (tertiary/aromatic N) is 2. The van der Waals surface area contributed by atoms with Gasteiger partial charge >= 0.3 is 194 Å². The number of amidine groups is 1. The Morgan fingerprint density at radius 3 is 1.69 bits per heavy atom. The second-order valence-electron chi connectivity index (χ2n) is 7.37. The molecule has 0 amide bonds. The number of aryl methyl sites for hydroxylation is 1. The fourth-order valence-electron chi connectivity index (χ4n) is 3.78. The molecule has 0 saturated heterocycles. The van der Waals surface area contributed by atoms with Crippen molar-refractivity contribution in [1.29, 1.82) is 5.26 Å². The molecule has 0 heterocycles. The van der Waals surface area contributed by atoms with Gasteiger partial charge in [-0.05, 0) is 0 Å². The Bertz CT molecular complexity index is 1140. The van der Waals surface area contributed by atoms with Gasteiger partial charge in [0.15, 0.2) is 0 Å². The van der Waals surface area contributed by atoms with Crippen LogP contribution in [-0.4, -0.2) is 24.8 Å². The number of rotatable bonds is 5. The predicted octanol–water partition coefficient (Wildman–Crippen LogP) is 3.74. The Morgan fingerprint density at radius 2 is 1.25 bits per heavy atom. The summed E-state index contributed by atoms with van der Waals surface area (Å²) in [4.78, 5) is 4.68. The second kappa shape index (κ2) is 10.2. The molecule has 4 rings (SSSR count). The summed E-state index contributed by atoms with van der Waals surface area (Å²) in [5.41, 5.74) is 1.82. The molecule has 0 aromatic heterocycles. The molecule has 0 bridgehead atoms. The number of aliphatic imine (C=N–C) groups is 1. The van der Waals surface area contributed by atoms with E-state index >= 15 is 0 Å². The molecular formula is C27H23N3OSn. The number of nitrogens with one attached hydrogen (secondary N) is 1. The summed E-state index contributed by atoms with van der Waals surface area (Å²) in [6.45, 7) is 2.01. The van der Waals surface area contributed by atoms with Gasteiger partial charge in [-0.25, -0.2) is 0 Å². The summed E-state index contributed by atoms with van der Waals surface area (Å²) in [6.07, 6.45) is 2.01. The molecule has 4 aromatic carbocycles. The monoisotopic (exact) mass is 525 g/mol. The molecule has 0 unspecified atom stereocenters. The van der Waals surface area contributed by atoms with Crippen LogP contribution in [-0.2, 0) is 3.07 Å². The van der Waals surface area contributed by atoms with Crippen LogP contribution in [0.4, 0.5) is 5.69 Å². The Morgan fingerprint density at radius 1 is 0.750 bits per heavy atom. The van der Waals surface area contributed by atoms with Gasteiger partial charge in [-0.15, -0.1) is 0 Å². The summed E-state index contributed by atoms with van der Waals surface area (Å²) in [5.74, 6) is 0. The zero-order chi connectivity index (χ0) is 22.2. The number of benzene rings is 4. The molecule has 0 spiro atoms. The number of nitriles is 1. The average molecular weight is 524 g/mol. The van der Waals surface area contributed by atoms with Gasteiger partial charge in [-0.2, -0.15) is 0 Å². The predicted molar refractivity (Wildman–Crippen MR) is 132 cm³/mol. The molecule has 32 heavy (non-hydrogen) atoms. The van der Waals surface area contributed by atoms with Gasteiger partial charge in [0.05, 0.1) is 0 Å². The van der Waals surface area contributed by atoms with Gasteiger partial charge in [-0.1, -0.05) is 0 Å². The fraction of sp³-hybridized carbons (Fsp3) is 0.0370. The Balaban J connectivity index is 1.95. The van der Waals surface area contributed by atoms with E-state index in [1.54, 1.807) is 0 Å². The van der Waals surface area contributed by atoms with E-state index < -0.39 is 18.8 Å². The van der Waals surface area contributed by atoms with Gasteiger partial charge in [0.2, 0.25) is 0 Å². The van der Waals surface area contributed by atoms with Crippen LogP contribution in [0.1, 0.15) is 5.56 Å². The molecule has 1 N–H and O–H groups in total. The molecule has 0 aliphatic heterocycles. The molecule has 0 radical (unpaired) electrons. The Kier molecular flexibility index (Phi) is 6.88. The fourth-order valence-corrected chi connectivity index (χ4v) is 14.4. The maximum absolute atomic E-state index is 9.48. The van der Waals surface area contributed by atoms with Gasteiger partial charge < -0.3 is 0 Å². The van der Waals surface area contributed by atoms with Gasteiger partial charge in [0.1, 0.15) is 0 Å². The van der Waals surface area contributed by atoms with Gasteiger partial charge in [0.25, 0.3) is 0 Å². The van der Waals surface area contributed by atoms with Crippen molar-refractivity contribution in [3.8, 4) is 6.19 Å². The zero-order valence-corrected chi connectivity index (χ0v) is 20.6. The van der Waals surface area contributed by atoms with E-state index in [1.165, 1.54) is 0 Å². The van der Waals surface area contributed by atoms with E-state index in [1.807, 2.05) is 92.0 Å². The van der Waals surface area contributed by atoms with Crippen LogP contribution in [0.5, 0.6) is 0 Å². The molecule has 0 aliphatic carbocycles. The van der Waals surface area contributed by atoms with Crippen LogP contribution >= 0.6 is 0 Å².